The first-order valence-electron chi connectivity index (χ1n) is 7.84. The van der Waals surface area contributed by atoms with Crippen LogP contribution in [0.2, 0.25) is 5.22 Å². The van der Waals surface area contributed by atoms with Crippen LogP contribution in [0.3, 0.4) is 0 Å². The van der Waals surface area contributed by atoms with Gasteiger partial charge in [0.25, 0.3) is 0 Å². The van der Waals surface area contributed by atoms with Gasteiger partial charge in [-0.15, -0.1) is 0 Å². The lowest BCUT2D eigenvalue weighted by Crippen LogP contribution is -2.48. The molecule has 1 spiro atoms. The van der Waals surface area contributed by atoms with Crippen molar-refractivity contribution in [1.29, 1.82) is 0 Å². The maximum atomic E-state index is 6.21. The molecule has 2 atom stereocenters. The molecule has 20 heavy (non-hydrogen) atoms. The number of nitrogens with one attached hydrogen (secondary N) is 1. The number of hydrogen-bond acceptors (Lipinski definition) is 3. The summed E-state index contributed by atoms with van der Waals surface area (Å²) in [7, 11) is 0. The Kier molecular flexibility index (Phi) is 4.39. The van der Waals surface area contributed by atoms with Crippen LogP contribution >= 0.6 is 11.6 Å². The number of rotatable bonds is 5. The van der Waals surface area contributed by atoms with Crippen molar-refractivity contribution in [3.8, 4) is 0 Å². The Morgan fingerprint density at radius 3 is 2.95 bits per heavy atom. The third-order valence-electron chi connectivity index (χ3n) is 4.86. The number of furan rings is 1. The fraction of sp³-hybridized carbons (Fsp3) is 0.750. The molecule has 4 heteroatoms. The van der Waals surface area contributed by atoms with Gasteiger partial charge in [-0.1, -0.05) is 6.92 Å². The third-order valence-corrected chi connectivity index (χ3v) is 5.17. The second kappa shape index (κ2) is 6.08. The van der Waals surface area contributed by atoms with E-state index in [2.05, 4.69) is 12.2 Å². The molecule has 1 aliphatic carbocycles. The van der Waals surface area contributed by atoms with Gasteiger partial charge in [0.15, 0.2) is 5.22 Å². The summed E-state index contributed by atoms with van der Waals surface area (Å²) in [6, 6.07) is 2.31. The van der Waals surface area contributed by atoms with E-state index in [0.717, 1.165) is 38.0 Å². The minimum Gasteiger partial charge on any atom is -0.453 e. The van der Waals surface area contributed by atoms with Crippen LogP contribution in [0.25, 0.3) is 0 Å². The largest absolute Gasteiger partial charge is 0.453 e. The highest BCUT2D eigenvalue weighted by Crippen LogP contribution is 2.47. The molecule has 3 nitrogen and oxygen atoms in total. The zero-order valence-corrected chi connectivity index (χ0v) is 12.9. The maximum Gasteiger partial charge on any atom is 0.197 e. The van der Waals surface area contributed by atoms with E-state index in [4.69, 9.17) is 20.8 Å². The molecule has 2 aliphatic rings. The van der Waals surface area contributed by atoms with E-state index in [1.54, 1.807) is 6.26 Å². The molecule has 0 aromatic carbocycles. The second-order valence-corrected chi connectivity index (χ2v) is 6.56. The van der Waals surface area contributed by atoms with E-state index in [-0.39, 0.29) is 5.60 Å². The van der Waals surface area contributed by atoms with E-state index in [1.165, 1.54) is 19.3 Å². The highest BCUT2D eigenvalue weighted by Gasteiger charge is 2.44. The van der Waals surface area contributed by atoms with Crippen molar-refractivity contribution in [2.45, 2.75) is 57.1 Å². The van der Waals surface area contributed by atoms with Gasteiger partial charge < -0.3 is 14.5 Å². The lowest BCUT2D eigenvalue weighted by atomic mass is 9.70. The number of hydrogen-bond donors (Lipinski definition) is 1. The third kappa shape index (κ3) is 2.76. The van der Waals surface area contributed by atoms with Crippen molar-refractivity contribution >= 4 is 11.6 Å². The van der Waals surface area contributed by atoms with Crippen molar-refractivity contribution in [2.24, 2.45) is 5.92 Å². The van der Waals surface area contributed by atoms with Gasteiger partial charge >= 0.3 is 0 Å². The molecule has 2 heterocycles. The van der Waals surface area contributed by atoms with Crippen LogP contribution < -0.4 is 5.32 Å². The molecule has 1 aromatic rings. The Hall–Kier alpha value is -0.510. The molecule has 2 fully saturated rings. The van der Waals surface area contributed by atoms with Gasteiger partial charge in [-0.2, -0.15) is 0 Å². The Morgan fingerprint density at radius 1 is 1.50 bits per heavy atom. The lowest BCUT2D eigenvalue weighted by molar-refractivity contribution is -0.147. The molecule has 0 bridgehead atoms. The molecule has 1 saturated heterocycles. The Morgan fingerprint density at radius 2 is 2.35 bits per heavy atom. The van der Waals surface area contributed by atoms with E-state index in [1.807, 2.05) is 6.07 Å². The van der Waals surface area contributed by atoms with Crippen LogP contribution in [-0.2, 0) is 4.74 Å². The first-order chi connectivity index (χ1) is 9.74. The second-order valence-electron chi connectivity index (χ2n) is 6.22. The van der Waals surface area contributed by atoms with Gasteiger partial charge in [-0.3, -0.25) is 0 Å². The molecule has 112 valence electrons. The monoisotopic (exact) mass is 297 g/mol. The SMILES string of the molecule is CCCNC(c1ccoc1Cl)C1CCOC2(CCC2)C1. The zero-order chi connectivity index (χ0) is 14.0. The average molecular weight is 298 g/mol. The molecule has 0 amide bonds. The molecule has 3 rings (SSSR count). The summed E-state index contributed by atoms with van der Waals surface area (Å²) in [5, 5.41) is 4.20. The molecule has 1 aromatic heterocycles. The number of ether oxygens (including phenoxy) is 1. The molecule has 0 radical (unpaired) electrons. The first-order valence-corrected chi connectivity index (χ1v) is 8.22. The minimum atomic E-state index is 0.172. The van der Waals surface area contributed by atoms with Crippen LogP contribution in [0.4, 0.5) is 0 Å². The molecule has 1 N–H and O–H groups in total. The van der Waals surface area contributed by atoms with Crippen LogP contribution in [0.15, 0.2) is 16.7 Å². The van der Waals surface area contributed by atoms with Gasteiger partial charge in [0, 0.05) is 18.2 Å². The fourth-order valence-corrected chi connectivity index (χ4v) is 3.86. The highest BCUT2D eigenvalue weighted by atomic mass is 35.5. The Balaban J connectivity index is 1.76. The number of halogens is 1. The van der Waals surface area contributed by atoms with Gasteiger partial charge in [0.05, 0.1) is 11.9 Å². The van der Waals surface area contributed by atoms with Crippen LogP contribution in [0.5, 0.6) is 0 Å². The van der Waals surface area contributed by atoms with Crippen LogP contribution in [0, 0.1) is 5.92 Å². The van der Waals surface area contributed by atoms with Crippen LogP contribution in [0.1, 0.15) is 57.1 Å². The summed E-state index contributed by atoms with van der Waals surface area (Å²) in [5.74, 6) is 0.589. The van der Waals surface area contributed by atoms with Gasteiger partial charge in [-0.05, 0) is 68.7 Å². The summed E-state index contributed by atoms with van der Waals surface area (Å²) in [6.07, 6.45) is 8.83. The Labute approximate surface area is 126 Å². The van der Waals surface area contributed by atoms with Crippen molar-refractivity contribution in [1.82, 2.24) is 5.32 Å². The molecule has 1 saturated carbocycles. The topological polar surface area (TPSA) is 34.4 Å². The normalized spacial score (nSPS) is 26.4. The standard InChI is InChI=1S/C16H24ClNO2/c1-2-8-18-14(13-5-9-19-15(13)17)12-4-10-20-16(11-12)6-3-7-16/h5,9,12,14,18H,2-4,6-8,10-11H2,1H3. The van der Waals surface area contributed by atoms with Crippen molar-refractivity contribution in [3.63, 3.8) is 0 Å². The van der Waals surface area contributed by atoms with Crippen molar-refractivity contribution < 1.29 is 9.15 Å². The van der Waals surface area contributed by atoms with Gasteiger partial charge in [-0.25, -0.2) is 0 Å². The van der Waals surface area contributed by atoms with Crippen LogP contribution in [-0.4, -0.2) is 18.8 Å². The fourth-order valence-electron chi connectivity index (χ4n) is 3.63. The average Bonchev–Trinajstić information content (AvgIpc) is 2.84. The predicted molar refractivity (Wildman–Crippen MR) is 80.0 cm³/mol. The smallest absolute Gasteiger partial charge is 0.197 e. The Bertz CT molecular complexity index is 441. The van der Waals surface area contributed by atoms with E-state index in [0.29, 0.717) is 17.2 Å². The zero-order valence-electron chi connectivity index (χ0n) is 12.2. The van der Waals surface area contributed by atoms with Crippen molar-refractivity contribution in [3.05, 3.63) is 23.1 Å². The van der Waals surface area contributed by atoms with E-state index in [9.17, 15) is 0 Å². The van der Waals surface area contributed by atoms with E-state index < -0.39 is 0 Å². The molecule has 1 aliphatic heterocycles. The summed E-state index contributed by atoms with van der Waals surface area (Å²) in [6.45, 7) is 4.08. The quantitative estimate of drug-likeness (QED) is 0.879. The minimum absolute atomic E-state index is 0.172. The molecular weight excluding hydrogens is 274 g/mol. The molecule has 2 unspecified atom stereocenters. The maximum absolute atomic E-state index is 6.21. The highest BCUT2D eigenvalue weighted by molar-refractivity contribution is 6.29. The lowest BCUT2D eigenvalue weighted by Gasteiger charge is -2.48. The predicted octanol–water partition coefficient (Wildman–Crippen LogP) is 4.32. The van der Waals surface area contributed by atoms with Gasteiger partial charge in [0.2, 0.25) is 0 Å². The van der Waals surface area contributed by atoms with Gasteiger partial charge in [0.1, 0.15) is 0 Å². The molecular formula is C16H24ClNO2. The van der Waals surface area contributed by atoms with Crippen molar-refractivity contribution in [2.75, 3.05) is 13.2 Å². The first kappa shape index (κ1) is 14.4. The summed E-state index contributed by atoms with van der Waals surface area (Å²) < 4.78 is 11.4. The summed E-state index contributed by atoms with van der Waals surface area (Å²) >= 11 is 6.21. The summed E-state index contributed by atoms with van der Waals surface area (Å²) in [5.41, 5.74) is 1.28. The summed E-state index contributed by atoms with van der Waals surface area (Å²) in [4.78, 5) is 0. The van der Waals surface area contributed by atoms with E-state index >= 15 is 0 Å².